The van der Waals surface area contributed by atoms with Gasteiger partial charge >= 0.3 is 0 Å². The molecule has 3 aromatic rings. The molecule has 0 atom stereocenters. The minimum absolute atomic E-state index is 0.0616. The molecule has 2 N–H and O–H groups in total. The molecule has 0 aliphatic heterocycles. The first-order valence-corrected chi connectivity index (χ1v) is 8.20. The van der Waals surface area contributed by atoms with Crippen LogP contribution in [0.2, 0.25) is 0 Å². The van der Waals surface area contributed by atoms with Gasteiger partial charge in [-0.15, -0.1) is 0 Å². The van der Waals surface area contributed by atoms with Crippen molar-refractivity contribution in [3.05, 3.63) is 58.8 Å². The number of aliphatic hydroxyl groups excluding tert-OH is 1. The van der Waals surface area contributed by atoms with Gasteiger partial charge in [-0.05, 0) is 39.0 Å². The van der Waals surface area contributed by atoms with Crippen LogP contribution in [0.15, 0.2) is 30.3 Å². The van der Waals surface area contributed by atoms with E-state index < -0.39 is 0 Å². The standard InChI is InChI=1S/C18H22FN5O/c1-12-9-18(22-24(12)16-6-4-5-15(19)10-16)20-11-17-13(2)21-23(7-8-25)14(17)3/h4-6,9-10,25H,7-8,11H2,1-3H3,(H,20,22). The SMILES string of the molecule is Cc1nn(CCO)c(C)c1CNc1cc(C)n(-c2cccc(F)c2)n1. The minimum atomic E-state index is -0.288. The van der Waals surface area contributed by atoms with Crippen molar-refractivity contribution < 1.29 is 9.50 Å². The third kappa shape index (κ3) is 3.56. The molecule has 2 heterocycles. The van der Waals surface area contributed by atoms with Gasteiger partial charge in [-0.25, -0.2) is 9.07 Å². The molecule has 0 radical (unpaired) electrons. The number of rotatable bonds is 6. The Morgan fingerprint density at radius 1 is 1.16 bits per heavy atom. The van der Waals surface area contributed by atoms with E-state index in [9.17, 15) is 4.39 Å². The maximum absolute atomic E-state index is 13.4. The normalized spacial score (nSPS) is 11.1. The summed E-state index contributed by atoms with van der Waals surface area (Å²) < 4.78 is 16.9. The van der Waals surface area contributed by atoms with E-state index in [1.54, 1.807) is 10.7 Å². The van der Waals surface area contributed by atoms with Crippen LogP contribution in [-0.4, -0.2) is 31.3 Å². The third-order valence-corrected chi connectivity index (χ3v) is 4.23. The molecule has 6 nitrogen and oxygen atoms in total. The lowest BCUT2D eigenvalue weighted by atomic mass is 10.2. The molecule has 7 heteroatoms. The van der Waals surface area contributed by atoms with Gasteiger partial charge < -0.3 is 10.4 Å². The van der Waals surface area contributed by atoms with E-state index in [1.165, 1.54) is 12.1 Å². The maximum Gasteiger partial charge on any atom is 0.148 e. The number of anilines is 1. The van der Waals surface area contributed by atoms with Gasteiger partial charge in [0.2, 0.25) is 0 Å². The lowest BCUT2D eigenvalue weighted by Crippen LogP contribution is -2.07. The Morgan fingerprint density at radius 2 is 1.96 bits per heavy atom. The van der Waals surface area contributed by atoms with Crippen LogP contribution < -0.4 is 5.32 Å². The van der Waals surface area contributed by atoms with Crippen molar-refractivity contribution in [2.75, 3.05) is 11.9 Å². The zero-order valence-corrected chi connectivity index (χ0v) is 14.6. The summed E-state index contributed by atoms with van der Waals surface area (Å²) >= 11 is 0. The Hall–Kier alpha value is -2.67. The molecule has 0 saturated carbocycles. The number of benzene rings is 1. The Morgan fingerprint density at radius 3 is 2.68 bits per heavy atom. The predicted molar refractivity (Wildman–Crippen MR) is 94.4 cm³/mol. The van der Waals surface area contributed by atoms with Gasteiger partial charge in [-0.2, -0.15) is 10.2 Å². The Labute approximate surface area is 145 Å². The second-order valence-corrected chi connectivity index (χ2v) is 6.01. The lowest BCUT2D eigenvalue weighted by Gasteiger charge is -2.06. The largest absolute Gasteiger partial charge is 0.394 e. The van der Waals surface area contributed by atoms with Crippen LogP contribution in [0.5, 0.6) is 0 Å². The molecule has 2 aromatic heterocycles. The average Bonchev–Trinajstić information content (AvgIpc) is 3.06. The molecule has 0 amide bonds. The smallest absolute Gasteiger partial charge is 0.148 e. The minimum Gasteiger partial charge on any atom is -0.394 e. The first-order chi connectivity index (χ1) is 12.0. The Balaban J connectivity index is 1.78. The number of nitrogens with one attached hydrogen (secondary N) is 1. The molecule has 0 spiro atoms. The zero-order valence-electron chi connectivity index (χ0n) is 14.6. The summed E-state index contributed by atoms with van der Waals surface area (Å²) in [5, 5.41) is 21.4. The van der Waals surface area contributed by atoms with Crippen molar-refractivity contribution in [1.29, 1.82) is 0 Å². The highest BCUT2D eigenvalue weighted by molar-refractivity contribution is 5.42. The van der Waals surface area contributed by atoms with Gasteiger partial charge in [0, 0.05) is 29.6 Å². The summed E-state index contributed by atoms with van der Waals surface area (Å²) in [6.07, 6.45) is 0. The second-order valence-electron chi connectivity index (χ2n) is 6.01. The van der Waals surface area contributed by atoms with E-state index in [0.29, 0.717) is 18.8 Å². The zero-order chi connectivity index (χ0) is 18.0. The molecular weight excluding hydrogens is 321 g/mol. The van der Waals surface area contributed by atoms with Crippen molar-refractivity contribution in [2.45, 2.75) is 33.9 Å². The van der Waals surface area contributed by atoms with Crippen LogP contribution >= 0.6 is 0 Å². The summed E-state index contributed by atoms with van der Waals surface area (Å²) in [5.41, 5.74) is 4.65. The molecule has 25 heavy (non-hydrogen) atoms. The number of halogens is 1. The van der Waals surface area contributed by atoms with Crippen molar-refractivity contribution in [3.8, 4) is 5.69 Å². The lowest BCUT2D eigenvalue weighted by molar-refractivity contribution is 0.268. The quantitative estimate of drug-likeness (QED) is 0.722. The summed E-state index contributed by atoms with van der Waals surface area (Å²) in [5.74, 6) is 0.430. The molecule has 0 unspecified atom stereocenters. The van der Waals surface area contributed by atoms with Gasteiger partial charge in [-0.1, -0.05) is 6.07 Å². The number of aryl methyl sites for hydroxylation is 2. The van der Waals surface area contributed by atoms with Crippen LogP contribution in [0.25, 0.3) is 5.69 Å². The molecule has 132 valence electrons. The van der Waals surface area contributed by atoms with Crippen LogP contribution in [0, 0.1) is 26.6 Å². The fourth-order valence-electron chi connectivity index (χ4n) is 2.91. The Bertz CT molecular complexity index is 884. The van der Waals surface area contributed by atoms with Crippen molar-refractivity contribution in [3.63, 3.8) is 0 Å². The highest BCUT2D eigenvalue weighted by Crippen LogP contribution is 2.18. The van der Waals surface area contributed by atoms with E-state index in [-0.39, 0.29) is 12.4 Å². The number of aromatic nitrogens is 4. The topological polar surface area (TPSA) is 67.9 Å². The molecule has 0 aliphatic rings. The van der Waals surface area contributed by atoms with Gasteiger partial charge in [0.15, 0.2) is 0 Å². The Kier molecular flexibility index (Phi) is 4.85. The van der Waals surface area contributed by atoms with Gasteiger partial charge in [0.1, 0.15) is 11.6 Å². The van der Waals surface area contributed by atoms with E-state index in [4.69, 9.17) is 5.11 Å². The van der Waals surface area contributed by atoms with Crippen molar-refractivity contribution in [1.82, 2.24) is 19.6 Å². The van der Waals surface area contributed by atoms with Crippen LogP contribution in [0.4, 0.5) is 10.2 Å². The highest BCUT2D eigenvalue weighted by atomic mass is 19.1. The second kappa shape index (κ2) is 7.06. The number of aliphatic hydroxyl groups is 1. The van der Waals surface area contributed by atoms with Gasteiger partial charge in [0.25, 0.3) is 0 Å². The maximum atomic E-state index is 13.4. The van der Waals surface area contributed by atoms with Crippen LogP contribution in [0.3, 0.4) is 0 Å². The fraction of sp³-hybridized carbons (Fsp3) is 0.333. The first kappa shape index (κ1) is 17.2. The molecular formula is C18H22FN5O. The highest BCUT2D eigenvalue weighted by Gasteiger charge is 2.12. The summed E-state index contributed by atoms with van der Waals surface area (Å²) in [6, 6.07) is 8.28. The summed E-state index contributed by atoms with van der Waals surface area (Å²) in [4.78, 5) is 0. The van der Waals surface area contributed by atoms with Crippen LogP contribution in [-0.2, 0) is 13.1 Å². The molecule has 3 rings (SSSR count). The molecule has 0 fully saturated rings. The van der Waals surface area contributed by atoms with Gasteiger partial charge in [0.05, 0.1) is 24.5 Å². The molecule has 0 aliphatic carbocycles. The molecule has 0 bridgehead atoms. The van der Waals surface area contributed by atoms with Crippen LogP contribution in [0.1, 0.15) is 22.6 Å². The van der Waals surface area contributed by atoms with E-state index >= 15 is 0 Å². The number of nitrogens with zero attached hydrogens (tertiary/aromatic N) is 4. The van der Waals surface area contributed by atoms with E-state index in [1.807, 2.05) is 37.6 Å². The van der Waals surface area contributed by atoms with Crippen molar-refractivity contribution >= 4 is 5.82 Å². The van der Waals surface area contributed by atoms with E-state index in [2.05, 4.69) is 15.5 Å². The summed E-state index contributed by atoms with van der Waals surface area (Å²) in [6.45, 7) is 7.01. The number of hydrogen-bond donors (Lipinski definition) is 2. The first-order valence-electron chi connectivity index (χ1n) is 8.20. The predicted octanol–water partition coefficient (Wildman–Crippen LogP) is 2.74. The fourth-order valence-corrected chi connectivity index (χ4v) is 2.91. The summed E-state index contributed by atoms with van der Waals surface area (Å²) in [7, 11) is 0. The molecule has 0 saturated heterocycles. The van der Waals surface area contributed by atoms with Crippen molar-refractivity contribution in [2.24, 2.45) is 0 Å². The number of hydrogen-bond acceptors (Lipinski definition) is 4. The van der Waals surface area contributed by atoms with E-state index in [0.717, 1.165) is 28.5 Å². The monoisotopic (exact) mass is 343 g/mol. The average molecular weight is 343 g/mol. The third-order valence-electron chi connectivity index (χ3n) is 4.23. The molecule has 1 aromatic carbocycles. The van der Waals surface area contributed by atoms with Gasteiger partial charge in [-0.3, -0.25) is 4.68 Å².